The summed E-state index contributed by atoms with van der Waals surface area (Å²) in [5.74, 6) is 0. The number of anilines is 1. The molecule has 0 saturated heterocycles. The van der Waals surface area contributed by atoms with E-state index in [0.29, 0.717) is 13.1 Å². The molecule has 0 fully saturated rings. The van der Waals surface area contributed by atoms with Gasteiger partial charge < -0.3 is 11.1 Å². The Balaban J connectivity index is 2.01. The van der Waals surface area contributed by atoms with E-state index in [4.69, 9.17) is 5.73 Å². The number of hydrogen-bond donors (Lipinski definition) is 2. The summed E-state index contributed by atoms with van der Waals surface area (Å²) in [4.78, 5) is 10.3. The van der Waals surface area contributed by atoms with Crippen LogP contribution in [0.25, 0.3) is 0 Å². The van der Waals surface area contributed by atoms with Crippen LogP contribution < -0.4 is 11.1 Å². The highest BCUT2D eigenvalue weighted by Crippen LogP contribution is 2.21. The minimum atomic E-state index is -0.382. The monoisotopic (exact) mass is 285 g/mol. The second kappa shape index (κ2) is 6.85. The number of rotatable bonds is 6. The van der Waals surface area contributed by atoms with Crippen LogP contribution in [0.1, 0.15) is 16.7 Å². The number of nitrogens with zero attached hydrogens (tertiary/aromatic N) is 1. The van der Waals surface area contributed by atoms with Crippen molar-refractivity contribution in [2.45, 2.75) is 19.9 Å². The highest BCUT2D eigenvalue weighted by molar-refractivity contribution is 5.55. The Bertz CT molecular complexity index is 624. The van der Waals surface area contributed by atoms with E-state index in [2.05, 4.69) is 29.6 Å². The third-order valence-corrected chi connectivity index (χ3v) is 3.36. The smallest absolute Gasteiger partial charge is 0.269 e. The Morgan fingerprint density at radius 3 is 2.38 bits per heavy atom. The summed E-state index contributed by atoms with van der Waals surface area (Å²) in [6, 6.07) is 13.1. The molecule has 2 aromatic carbocycles. The fourth-order valence-corrected chi connectivity index (χ4v) is 2.15. The molecule has 21 heavy (non-hydrogen) atoms. The Morgan fingerprint density at radius 2 is 1.81 bits per heavy atom. The fourth-order valence-electron chi connectivity index (χ4n) is 2.15. The highest BCUT2D eigenvalue weighted by Gasteiger charge is 2.07. The molecule has 110 valence electrons. The quantitative estimate of drug-likeness (QED) is 0.631. The molecule has 5 heteroatoms. The molecule has 2 aromatic rings. The van der Waals surface area contributed by atoms with Gasteiger partial charge in [-0.1, -0.05) is 24.3 Å². The molecule has 0 unspecified atom stereocenters. The van der Waals surface area contributed by atoms with Crippen molar-refractivity contribution in [2.24, 2.45) is 5.73 Å². The molecule has 0 spiro atoms. The van der Waals surface area contributed by atoms with E-state index < -0.39 is 0 Å². The van der Waals surface area contributed by atoms with Gasteiger partial charge in [0.15, 0.2) is 0 Å². The first-order valence-electron chi connectivity index (χ1n) is 6.87. The van der Waals surface area contributed by atoms with E-state index in [1.807, 2.05) is 6.92 Å². The molecule has 3 N–H and O–H groups in total. The highest BCUT2D eigenvalue weighted by atomic mass is 16.6. The summed E-state index contributed by atoms with van der Waals surface area (Å²) >= 11 is 0. The van der Waals surface area contributed by atoms with Gasteiger partial charge in [0, 0.05) is 24.4 Å². The first kappa shape index (κ1) is 15.0. The second-order valence-corrected chi connectivity index (χ2v) is 4.97. The summed E-state index contributed by atoms with van der Waals surface area (Å²) in [6.45, 7) is 3.20. The van der Waals surface area contributed by atoms with Gasteiger partial charge in [0.2, 0.25) is 0 Å². The average molecular weight is 285 g/mol. The molecule has 0 saturated carbocycles. The van der Waals surface area contributed by atoms with Crippen molar-refractivity contribution >= 4 is 11.4 Å². The maximum Gasteiger partial charge on any atom is 0.269 e. The first-order chi connectivity index (χ1) is 10.1. The standard InChI is InChI=1S/C16H19N3O2/c1-12-10-15(19(20)21)6-7-16(12)18-11-14-4-2-13(3-5-14)8-9-17/h2-7,10,18H,8-9,11,17H2,1H3. The zero-order valence-electron chi connectivity index (χ0n) is 12.0. The molecule has 0 aliphatic carbocycles. The molecule has 2 rings (SSSR count). The van der Waals surface area contributed by atoms with Crippen LogP contribution in [-0.4, -0.2) is 11.5 Å². The number of nitrogens with two attached hydrogens (primary N) is 1. The van der Waals surface area contributed by atoms with Gasteiger partial charge in [-0.15, -0.1) is 0 Å². The van der Waals surface area contributed by atoms with Crippen molar-refractivity contribution in [1.29, 1.82) is 0 Å². The van der Waals surface area contributed by atoms with Crippen molar-refractivity contribution in [1.82, 2.24) is 0 Å². The van der Waals surface area contributed by atoms with Crippen molar-refractivity contribution in [3.63, 3.8) is 0 Å². The van der Waals surface area contributed by atoms with E-state index in [1.165, 1.54) is 11.6 Å². The zero-order chi connectivity index (χ0) is 15.2. The topological polar surface area (TPSA) is 81.2 Å². The van der Waals surface area contributed by atoms with Gasteiger partial charge in [0.25, 0.3) is 5.69 Å². The number of non-ortho nitro benzene ring substituents is 1. The van der Waals surface area contributed by atoms with Crippen LogP contribution in [0.2, 0.25) is 0 Å². The lowest BCUT2D eigenvalue weighted by Crippen LogP contribution is -2.04. The number of nitrogens with one attached hydrogen (secondary N) is 1. The van der Waals surface area contributed by atoms with Crippen LogP contribution in [0.5, 0.6) is 0 Å². The molecule has 0 aliphatic rings. The predicted molar refractivity (Wildman–Crippen MR) is 84.4 cm³/mol. The van der Waals surface area contributed by atoms with Gasteiger partial charge in [-0.2, -0.15) is 0 Å². The third-order valence-electron chi connectivity index (χ3n) is 3.36. The minimum absolute atomic E-state index is 0.115. The molecule has 0 amide bonds. The van der Waals surface area contributed by atoms with Gasteiger partial charge in [0.05, 0.1) is 4.92 Å². The number of hydrogen-bond acceptors (Lipinski definition) is 4. The zero-order valence-corrected chi connectivity index (χ0v) is 12.0. The molecule has 5 nitrogen and oxygen atoms in total. The molecule has 0 aliphatic heterocycles. The van der Waals surface area contributed by atoms with E-state index in [9.17, 15) is 10.1 Å². The van der Waals surface area contributed by atoms with Gasteiger partial charge in [0.1, 0.15) is 0 Å². The number of nitro benzene ring substituents is 1. The van der Waals surface area contributed by atoms with Crippen molar-refractivity contribution < 1.29 is 4.92 Å². The van der Waals surface area contributed by atoms with Crippen molar-refractivity contribution in [3.05, 3.63) is 69.3 Å². The van der Waals surface area contributed by atoms with Gasteiger partial charge in [-0.25, -0.2) is 0 Å². The van der Waals surface area contributed by atoms with E-state index in [-0.39, 0.29) is 10.6 Å². The number of nitro groups is 1. The maximum absolute atomic E-state index is 10.7. The van der Waals surface area contributed by atoms with Gasteiger partial charge in [-0.05, 0) is 42.6 Å². The average Bonchev–Trinajstić information content (AvgIpc) is 2.47. The largest absolute Gasteiger partial charge is 0.381 e. The van der Waals surface area contributed by atoms with E-state index >= 15 is 0 Å². The van der Waals surface area contributed by atoms with Gasteiger partial charge in [-0.3, -0.25) is 10.1 Å². The lowest BCUT2D eigenvalue weighted by Gasteiger charge is -2.10. The molecular formula is C16H19N3O2. The Morgan fingerprint density at radius 1 is 1.14 bits per heavy atom. The lowest BCUT2D eigenvalue weighted by molar-refractivity contribution is -0.384. The maximum atomic E-state index is 10.7. The van der Waals surface area contributed by atoms with E-state index in [1.54, 1.807) is 12.1 Å². The fraction of sp³-hybridized carbons (Fsp3) is 0.250. The van der Waals surface area contributed by atoms with Crippen molar-refractivity contribution in [2.75, 3.05) is 11.9 Å². The lowest BCUT2D eigenvalue weighted by atomic mass is 10.1. The van der Waals surface area contributed by atoms with Crippen molar-refractivity contribution in [3.8, 4) is 0 Å². The molecule has 0 aromatic heterocycles. The molecular weight excluding hydrogens is 266 g/mol. The Kier molecular flexibility index (Phi) is 4.90. The molecule has 0 radical (unpaired) electrons. The van der Waals surface area contributed by atoms with Crippen LogP contribution in [0, 0.1) is 17.0 Å². The number of aryl methyl sites for hydroxylation is 1. The molecule has 0 heterocycles. The summed E-state index contributed by atoms with van der Waals surface area (Å²) < 4.78 is 0. The Labute approximate surface area is 123 Å². The molecule has 0 bridgehead atoms. The molecule has 0 atom stereocenters. The van der Waals surface area contributed by atoms with Crippen LogP contribution >= 0.6 is 0 Å². The van der Waals surface area contributed by atoms with Crippen LogP contribution in [0.3, 0.4) is 0 Å². The summed E-state index contributed by atoms with van der Waals surface area (Å²) in [5.41, 5.74) is 9.80. The van der Waals surface area contributed by atoms with Crippen LogP contribution in [0.4, 0.5) is 11.4 Å². The predicted octanol–water partition coefficient (Wildman–Crippen LogP) is 3.02. The van der Waals surface area contributed by atoms with Gasteiger partial charge >= 0.3 is 0 Å². The van der Waals surface area contributed by atoms with Crippen LogP contribution in [0.15, 0.2) is 42.5 Å². The summed E-state index contributed by atoms with van der Waals surface area (Å²) in [5, 5.41) is 14.0. The second-order valence-electron chi connectivity index (χ2n) is 4.97. The first-order valence-corrected chi connectivity index (χ1v) is 6.87. The third kappa shape index (κ3) is 4.03. The van der Waals surface area contributed by atoms with E-state index in [0.717, 1.165) is 23.2 Å². The summed E-state index contributed by atoms with van der Waals surface area (Å²) in [7, 11) is 0. The minimum Gasteiger partial charge on any atom is -0.381 e. The SMILES string of the molecule is Cc1cc([N+](=O)[O-])ccc1NCc1ccc(CCN)cc1. The normalized spacial score (nSPS) is 10.4. The van der Waals surface area contributed by atoms with Crippen LogP contribution in [-0.2, 0) is 13.0 Å². The Hall–Kier alpha value is -2.40. The number of benzene rings is 2. The summed E-state index contributed by atoms with van der Waals surface area (Å²) in [6.07, 6.45) is 0.884.